The maximum atomic E-state index is 9.37. The van der Waals surface area contributed by atoms with E-state index in [1.54, 1.807) is 0 Å². The van der Waals surface area contributed by atoms with Gasteiger partial charge in [-0.1, -0.05) is 39.0 Å². The van der Waals surface area contributed by atoms with Gasteiger partial charge < -0.3 is 5.32 Å². The zero-order chi connectivity index (χ0) is 15.6. The number of aromatic nitrogens is 1. The lowest BCUT2D eigenvalue weighted by Crippen LogP contribution is -2.14. The van der Waals surface area contributed by atoms with Crippen LogP contribution < -0.4 is 5.32 Å². The van der Waals surface area contributed by atoms with E-state index >= 15 is 0 Å². The predicted molar refractivity (Wildman–Crippen MR) is 86.9 cm³/mol. The molecule has 0 saturated heterocycles. The highest BCUT2D eigenvalue weighted by Crippen LogP contribution is 2.32. The second kappa shape index (κ2) is 5.57. The van der Waals surface area contributed by atoms with Gasteiger partial charge in [0.05, 0.1) is 5.56 Å². The number of anilines is 2. The third-order valence-corrected chi connectivity index (χ3v) is 3.44. The highest BCUT2D eigenvalue weighted by molar-refractivity contribution is 5.68. The van der Waals surface area contributed by atoms with Crippen LogP contribution in [0.2, 0.25) is 0 Å². The monoisotopic (exact) mass is 279 g/mol. The largest absolute Gasteiger partial charge is 0.339 e. The van der Waals surface area contributed by atoms with E-state index in [1.807, 2.05) is 38.1 Å². The first-order valence-corrected chi connectivity index (χ1v) is 7.08. The number of pyridine rings is 1. The number of nitrogens with one attached hydrogen (secondary N) is 1. The summed E-state index contributed by atoms with van der Waals surface area (Å²) in [6.45, 7) is 10.4. The average molecular weight is 279 g/mol. The van der Waals surface area contributed by atoms with Gasteiger partial charge in [-0.3, -0.25) is 0 Å². The fourth-order valence-corrected chi connectivity index (χ4v) is 2.44. The molecule has 0 unspecified atom stereocenters. The summed E-state index contributed by atoms with van der Waals surface area (Å²) in [5.74, 6) is 0.631. The molecule has 0 atom stereocenters. The summed E-state index contributed by atoms with van der Waals surface area (Å²) < 4.78 is 0. The Balaban J connectivity index is 2.52. The van der Waals surface area contributed by atoms with Gasteiger partial charge in [0.15, 0.2) is 0 Å². The van der Waals surface area contributed by atoms with Crippen molar-refractivity contribution in [1.82, 2.24) is 4.98 Å². The normalized spacial score (nSPS) is 11.0. The topological polar surface area (TPSA) is 48.7 Å². The molecule has 1 heterocycles. The summed E-state index contributed by atoms with van der Waals surface area (Å²) in [4.78, 5) is 4.49. The molecule has 1 N–H and O–H groups in total. The Bertz CT molecular complexity index is 703. The Morgan fingerprint density at radius 3 is 2.43 bits per heavy atom. The molecule has 0 radical (unpaired) electrons. The molecule has 108 valence electrons. The summed E-state index contributed by atoms with van der Waals surface area (Å²) >= 11 is 0. The molecule has 0 spiro atoms. The Kier molecular flexibility index (Phi) is 3.99. The van der Waals surface area contributed by atoms with Crippen molar-refractivity contribution >= 4 is 11.5 Å². The van der Waals surface area contributed by atoms with Gasteiger partial charge in [-0.05, 0) is 42.5 Å². The van der Waals surface area contributed by atoms with E-state index in [4.69, 9.17) is 0 Å². The van der Waals surface area contributed by atoms with Crippen molar-refractivity contribution in [2.45, 2.75) is 40.0 Å². The summed E-state index contributed by atoms with van der Waals surface area (Å²) in [7, 11) is 0. The van der Waals surface area contributed by atoms with Crippen molar-refractivity contribution in [3.8, 4) is 6.07 Å². The highest BCUT2D eigenvalue weighted by Gasteiger charge is 2.18. The lowest BCUT2D eigenvalue weighted by Gasteiger charge is -2.23. The molecule has 1 aromatic carbocycles. The number of benzene rings is 1. The molecule has 3 nitrogen and oxygen atoms in total. The molecule has 0 amide bonds. The second-order valence-electron chi connectivity index (χ2n) is 6.34. The molecule has 1 aromatic heterocycles. The lowest BCUT2D eigenvalue weighted by molar-refractivity contribution is 0.592. The smallest absolute Gasteiger partial charge is 0.148 e. The van der Waals surface area contributed by atoms with Crippen LogP contribution in [0.5, 0.6) is 0 Å². The van der Waals surface area contributed by atoms with Crippen LogP contribution in [0.3, 0.4) is 0 Å². The van der Waals surface area contributed by atoms with Gasteiger partial charge in [0.25, 0.3) is 0 Å². The minimum absolute atomic E-state index is 0.0231. The van der Waals surface area contributed by atoms with Crippen molar-refractivity contribution in [3.05, 3.63) is 52.7 Å². The first kappa shape index (κ1) is 15.1. The molecule has 2 aromatic rings. The van der Waals surface area contributed by atoms with E-state index in [1.165, 1.54) is 5.56 Å². The first-order chi connectivity index (χ1) is 9.82. The lowest BCUT2D eigenvalue weighted by atomic mass is 9.86. The minimum atomic E-state index is 0.0231. The molecule has 0 bridgehead atoms. The number of hydrogen-bond acceptors (Lipinski definition) is 3. The highest BCUT2D eigenvalue weighted by atomic mass is 15.0. The molecule has 0 fully saturated rings. The van der Waals surface area contributed by atoms with Gasteiger partial charge >= 0.3 is 0 Å². The Morgan fingerprint density at radius 1 is 1.14 bits per heavy atom. The number of nitriles is 1. The quantitative estimate of drug-likeness (QED) is 0.873. The molecule has 0 saturated carbocycles. The van der Waals surface area contributed by atoms with Gasteiger partial charge in [-0.2, -0.15) is 5.26 Å². The summed E-state index contributed by atoms with van der Waals surface area (Å²) in [5, 5.41) is 12.7. The molecular formula is C18H21N3. The van der Waals surface area contributed by atoms with E-state index in [-0.39, 0.29) is 5.41 Å². The van der Waals surface area contributed by atoms with Gasteiger partial charge in [-0.25, -0.2) is 4.98 Å². The zero-order valence-corrected chi connectivity index (χ0v) is 13.3. The van der Waals surface area contributed by atoms with Gasteiger partial charge in [0, 0.05) is 11.4 Å². The maximum Gasteiger partial charge on any atom is 0.148 e. The SMILES string of the molecule is Cc1cc(C)c(C#N)c(Nc2ccccc2C(C)(C)C)n1. The van der Waals surface area contributed by atoms with E-state index in [9.17, 15) is 5.26 Å². The van der Waals surface area contributed by atoms with Crippen LogP contribution in [-0.2, 0) is 5.41 Å². The van der Waals surface area contributed by atoms with E-state index in [2.05, 4.69) is 43.2 Å². The third kappa shape index (κ3) is 3.22. The van der Waals surface area contributed by atoms with Crippen LogP contribution >= 0.6 is 0 Å². The summed E-state index contributed by atoms with van der Waals surface area (Å²) in [6, 6.07) is 12.3. The van der Waals surface area contributed by atoms with Gasteiger partial charge in [-0.15, -0.1) is 0 Å². The fraction of sp³-hybridized carbons (Fsp3) is 0.333. The molecule has 21 heavy (non-hydrogen) atoms. The molecular weight excluding hydrogens is 258 g/mol. The number of hydrogen-bond donors (Lipinski definition) is 1. The van der Waals surface area contributed by atoms with Crippen LogP contribution in [-0.4, -0.2) is 4.98 Å². The molecule has 0 aliphatic carbocycles. The Labute approximate surface area is 126 Å². The number of para-hydroxylation sites is 1. The number of aryl methyl sites for hydroxylation is 2. The Morgan fingerprint density at radius 2 is 1.81 bits per heavy atom. The van der Waals surface area contributed by atoms with Crippen LogP contribution in [0.1, 0.15) is 43.2 Å². The predicted octanol–water partition coefficient (Wildman–Crippen LogP) is 4.61. The fourth-order valence-electron chi connectivity index (χ4n) is 2.44. The minimum Gasteiger partial charge on any atom is -0.339 e. The molecule has 0 aliphatic heterocycles. The van der Waals surface area contributed by atoms with Crippen LogP contribution in [0.4, 0.5) is 11.5 Å². The van der Waals surface area contributed by atoms with Gasteiger partial charge in [0.2, 0.25) is 0 Å². The Hall–Kier alpha value is -2.34. The molecule has 3 heteroatoms. The van der Waals surface area contributed by atoms with Crippen LogP contribution in [0.15, 0.2) is 30.3 Å². The molecule has 2 rings (SSSR count). The standard InChI is InChI=1S/C18H21N3/c1-12-10-13(2)20-17(14(12)11-19)21-16-9-7-6-8-15(16)18(3,4)5/h6-10H,1-5H3,(H,20,21). The molecule has 0 aliphatic rings. The van der Waals surface area contributed by atoms with Crippen LogP contribution in [0, 0.1) is 25.2 Å². The van der Waals surface area contributed by atoms with E-state index < -0.39 is 0 Å². The number of rotatable bonds is 2. The summed E-state index contributed by atoms with van der Waals surface area (Å²) in [5.41, 5.74) is 4.68. The van der Waals surface area contributed by atoms with Crippen molar-refractivity contribution in [2.75, 3.05) is 5.32 Å². The number of nitrogens with zero attached hydrogens (tertiary/aromatic N) is 2. The summed E-state index contributed by atoms with van der Waals surface area (Å²) in [6.07, 6.45) is 0. The van der Waals surface area contributed by atoms with E-state index in [0.29, 0.717) is 11.4 Å². The van der Waals surface area contributed by atoms with Crippen molar-refractivity contribution < 1.29 is 0 Å². The maximum absolute atomic E-state index is 9.37. The first-order valence-electron chi connectivity index (χ1n) is 7.08. The zero-order valence-electron chi connectivity index (χ0n) is 13.3. The van der Waals surface area contributed by atoms with Crippen molar-refractivity contribution in [3.63, 3.8) is 0 Å². The van der Waals surface area contributed by atoms with Gasteiger partial charge in [0.1, 0.15) is 11.9 Å². The van der Waals surface area contributed by atoms with E-state index in [0.717, 1.165) is 16.9 Å². The third-order valence-electron chi connectivity index (χ3n) is 3.44. The van der Waals surface area contributed by atoms with Crippen molar-refractivity contribution in [2.24, 2.45) is 0 Å². The van der Waals surface area contributed by atoms with Crippen LogP contribution in [0.25, 0.3) is 0 Å². The average Bonchev–Trinajstić information content (AvgIpc) is 2.37. The van der Waals surface area contributed by atoms with Crippen molar-refractivity contribution in [1.29, 1.82) is 5.26 Å². The second-order valence-corrected chi connectivity index (χ2v) is 6.34.